The molecular weight excluding hydrogens is 648 g/mol. The first-order valence-electron chi connectivity index (χ1n) is 13.9. The van der Waals surface area contributed by atoms with Crippen molar-refractivity contribution >= 4 is 44.0 Å². The lowest BCUT2D eigenvalue weighted by molar-refractivity contribution is 0.306. The maximum absolute atomic E-state index is 6.00. The van der Waals surface area contributed by atoms with E-state index in [1.807, 2.05) is 24.3 Å². The molecule has 5 rings (SSSR count). The van der Waals surface area contributed by atoms with E-state index in [0.29, 0.717) is 13.2 Å². The summed E-state index contributed by atoms with van der Waals surface area (Å²) in [5, 5.41) is 1.70. The fraction of sp³-hybridized carbons (Fsp3) is 0.105. The van der Waals surface area contributed by atoms with E-state index in [1.54, 1.807) is 0 Å². The van der Waals surface area contributed by atoms with Crippen LogP contribution in [0.1, 0.15) is 22.3 Å². The summed E-state index contributed by atoms with van der Waals surface area (Å²) in [4.78, 5) is 0. The van der Waals surface area contributed by atoms with E-state index in [-0.39, 0.29) is 0 Å². The normalized spacial score (nSPS) is 11.3. The maximum Gasteiger partial charge on any atom is 0.119 e. The quantitative estimate of drug-likeness (QED) is 0.122. The Bertz CT molecular complexity index is 1480. The molecule has 0 saturated heterocycles. The smallest absolute Gasteiger partial charge is 0.119 e. The first-order chi connectivity index (χ1) is 20.7. The molecule has 0 aliphatic rings. The Morgan fingerprint density at radius 1 is 0.452 bits per heavy atom. The molecule has 42 heavy (non-hydrogen) atoms. The molecule has 0 fully saturated rings. The zero-order valence-electron chi connectivity index (χ0n) is 23.3. The zero-order valence-corrected chi connectivity index (χ0v) is 26.4. The van der Waals surface area contributed by atoms with Gasteiger partial charge in [0.15, 0.2) is 0 Å². The van der Waals surface area contributed by atoms with Crippen LogP contribution in [0, 0.1) is 0 Å². The molecule has 0 N–H and O–H groups in total. The highest BCUT2D eigenvalue weighted by Gasteiger charge is 2.04. The van der Waals surface area contributed by atoms with Gasteiger partial charge in [0.1, 0.15) is 24.7 Å². The van der Waals surface area contributed by atoms with Gasteiger partial charge in [-0.25, -0.2) is 0 Å². The maximum atomic E-state index is 6.00. The molecule has 210 valence electrons. The first kappa shape index (κ1) is 29.6. The minimum Gasteiger partial charge on any atom is -0.489 e. The van der Waals surface area contributed by atoms with Crippen LogP contribution < -0.4 is 9.47 Å². The van der Waals surface area contributed by atoms with Gasteiger partial charge in [-0.2, -0.15) is 0 Å². The third-order valence-electron chi connectivity index (χ3n) is 6.81. The second-order valence-electron chi connectivity index (χ2n) is 9.80. The molecule has 0 saturated carbocycles. The number of hydrogen-bond acceptors (Lipinski definition) is 2. The fourth-order valence-electron chi connectivity index (χ4n) is 4.51. The number of hydrogen-bond donors (Lipinski definition) is 0. The molecule has 5 aromatic rings. The van der Waals surface area contributed by atoms with Gasteiger partial charge in [0.2, 0.25) is 0 Å². The van der Waals surface area contributed by atoms with Crippen molar-refractivity contribution in [1.82, 2.24) is 0 Å². The van der Waals surface area contributed by atoms with E-state index in [2.05, 4.69) is 153 Å². The topological polar surface area (TPSA) is 18.5 Å². The molecule has 0 bridgehead atoms. The van der Waals surface area contributed by atoms with Gasteiger partial charge in [-0.15, -0.1) is 0 Å². The summed E-state index contributed by atoms with van der Waals surface area (Å²) in [7, 11) is 0. The predicted molar refractivity (Wildman–Crippen MR) is 185 cm³/mol. The number of alkyl halides is 2. The van der Waals surface area contributed by atoms with Crippen molar-refractivity contribution in [2.75, 3.05) is 10.7 Å². The second kappa shape index (κ2) is 15.4. The fourth-order valence-corrected chi connectivity index (χ4v) is 4.88. The predicted octanol–water partition coefficient (Wildman–Crippen LogP) is 11.0. The number of benzene rings is 5. The van der Waals surface area contributed by atoms with Crippen molar-refractivity contribution in [2.24, 2.45) is 0 Å². The number of allylic oxidation sites excluding steroid dienone is 2. The van der Waals surface area contributed by atoms with Crippen LogP contribution in [0.15, 0.2) is 133 Å². The Balaban J connectivity index is 1.17. The molecule has 4 heteroatoms. The van der Waals surface area contributed by atoms with Gasteiger partial charge in [-0.1, -0.05) is 147 Å². The summed E-state index contributed by atoms with van der Waals surface area (Å²) < 4.78 is 12.0. The highest BCUT2D eigenvalue weighted by molar-refractivity contribution is 9.09. The summed E-state index contributed by atoms with van der Waals surface area (Å²) >= 11 is 6.82. The van der Waals surface area contributed by atoms with E-state index in [4.69, 9.17) is 9.47 Å². The Kier molecular flexibility index (Phi) is 10.9. The Hall–Kier alpha value is -3.86. The van der Waals surface area contributed by atoms with Crippen molar-refractivity contribution in [3.8, 4) is 33.8 Å². The molecule has 0 spiro atoms. The zero-order chi connectivity index (χ0) is 29.0. The van der Waals surface area contributed by atoms with E-state index < -0.39 is 0 Å². The van der Waals surface area contributed by atoms with Crippen LogP contribution >= 0.6 is 31.9 Å². The molecule has 0 aliphatic heterocycles. The molecule has 2 nitrogen and oxygen atoms in total. The molecule has 0 aromatic heterocycles. The van der Waals surface area contributed by atoms with E-state index in [0.717, 1.165) is 44.4 Å². The Morgan fingerprint density at radius 2 is 0.857 bits per heavy atom. The van der Waals surface area contributed by atoms with Gasteiger partial charge in [0, 0.05) is 10.7 Å². The van der Waals surface area contributed by atoms with Gasteiger partial charge in [-0.05, 0) is 74.8 Å². The largest absolute Gasteiger partial charge is 0.489 e. The van der Waals surface area contributed by atoms with E-state index in [1.165, 1.54) is 22.3 Å². The number of halogens is 2. The number of rotatable bonds is 12. The Labute approximate surface area is 265 Å². The molecule has 0 radical (unpaired) electrons. The summed E-state index contributed by atoms with van der Waals surface area (Å²) in [6, 6.07) is 42.2. The van der Waals surface area contributed by atoms with Crippen LogP contribution in [-0.2, 0) is 13.2 Å². The highest BCUT2D eigenvalue weighted by Crippen LogP contribution is 2.27. The average molecular weight is 680 g/mol. The summed E-state index contributed by atoms with van der Waals surface area (Å²) in [5.41, 5.74) is 9.34. The summed E-state index contributed by atoms with van der Waals surface area (Å²) in [6.07, 6.45) is 8.33. The van der Waals surface area contributed by atoms with Crippen molar-refractivity contribution in [1.29, 1.82) is 0 Å². The van der Waals surface area contributed by atoms with E-state index >= 15 is 0 Å². The molecule has 0 unspecified atom stereocenters. The van der Waals surface area contributed by atoms with Gasteiger partial charge >= 0.3 is 0 Å². The molecule has 0 atom stereocenters. The molecule has 0 amide bonds. The van der Waals surface area contributed by atoms with Gasteiger partial charge in [0.05, 0.1) is 0 Å². The second-order valence-corrected chi connectivity index (χ2v) is 11.1. The lowest BCUT2D eigenvalue weighted by atomic mass is 9.98. The van der Waals surface area contributed by atoms with Gasteiger partial charge < -0.3 is 9.47 Å². The van der Waals surface area contributed by atoms with Gasteiger partial charge in [-0.3, -0.25) is 0 Å². The van der Waals surface area contributed by atoms with Gasteiger partial charge in [0.25, 0.3) is 0 Å². The minimum atomic E-state index is 0.535. The lowest BCUT2D eigenvalue weighted by Gasteiger charge is -2.10. The standard InChI is InChI=1S/C38H32Br2O2/c39-24-2-4-29-12-20-37(21-13-29)41-27-31-8-16-33(17-9-31)35-6-1-7-36(26-35)34-18-10-32(11-19-34)28-42-38-22-14-30(15-23-38)5-3-25-40/h1-23,26H,24-25,27-28H2/b4-2+,5-3+. The molecular formula is C38H32Br2O2. The van der Waals surface area contributed by atoms with E-state index in [9.17, 15) is 0 Å². The van der Waals surface area contributed by atoms with Crippen LogP contribution in [0.5, 0.6) is 11.5 Å². The monoisotopic (exact) mass is 678 g/mol. The lowest BCUT2D eigenvalue weighted by Crippen LogP contribution is -1.95. The van der Waals surface area contributed by atoms with Crippen molar-refractivity contribution in [3.63, 3.8) is 0 Å². The Morgan fingerprint density at radius 3 is 1.24 bits per heavy atom. The van der Waals surface area contributed by atoms with Crippen LogP contribution in [0.3, 0.4) is 0 Å². The van der Waals surface area contributed by atoms with Crippen molar-refractivity contribution in [3.05, 3.63) is 156 Å². The number of ether oxygens (including phenoxy) is 2. The molecule has 5 aromatic carbocycles. The molecule has 0 aliphatic carbocycles. The van der Waals surface area contributed by atoms with Crippen LogP contribution in [-0.4, -0.2) is 10.7 Å². The van der Waals surface area contributed by atoms with Crippen molar-refractivity contribution in [2.45, 2.75) is 13.2 Å². The van der Waals surface area contributed by atoms with Crippen molar-refractivity contribution < 1.29 is 9.47 Å². The third-order valence-corrected chi connectivity index (χ3v) is 7.55. The summed E-state index contributed by atoms with van der Waals surface area (Å²) in [5.74, 6) is 1.74. The SMILES string of the molecule is BrC/C=C/c1ccc(OCc2ccc(-c3cccc(-c4ccc(COc5ccc(/C=C/CBr)cc5)cc4)c3)cc2)cc1. The van der Waals surface area contributed by atoms with Crippen LogP contribution in [0.25, 0.3) is 34.4 Å². The summed E-state index contributed by atoms with van der Waals surface area (Å²) in [6.45, 7) is 1.07. The first-order valence-corrected chi connectivity index (χ1v) is 16.1. The highest BCUT2D eigenvalue weighted by atomic mass is 79.9. The minimum absolute atomic E-state index is 0.535. The molecule has 0 heterocycles. The average Bonchev–Trinajstić information content (AvgIpc) is 3.06. The third kappa shape index (κ3) is 8.58. The van der Waals surface area contributed by atoms with Crippen LogP contribution in [0.4, 0.5) is 0 Å². The van der Waals surface area contributed by atoms with Crippen LogP contribution in [0.2, 0.25) is 0 Å².